The summed E-state index contributed by atoms with van der Waals surface area (Å²) in [5.74, 6) is -1.46. The van der Waals surface area contributed by atoms with Crippen molar-refractivity contribution in [3.63, 3.8) is 0 Å². The highest BCUT2D eigenvalue weighted by Gasteiger charge is 2.27. The van der Waals surface area contributed by atoms with Gasteiger partial charge in [-0.05, 0) is 31.5 Å². The van der Waals surface area contributed by atoms with Crippen LogP contribution in [0.4, 0.5) is 0 Å². The summed E-state index contributed by atoms with van der Waals surface area (Å²) in [6, 6.07) is 16.4. The minimum atomic E-state index is -0.769. The van der Waals surface area contributed by atoms with Crippen LogP contribution in [0.1, 0.15) is 43.4 Å². The number of fused-ring (bicyclic) bond motifs is 1. The topological polar surface area (TPSA) is 141 Å². The number of carbonyl (C=O) groups excluding carboxylic acids is 2. The third kappa shape index (κ3) is 3.36. The number of amides is 2. The van der Waals surface area contributed by atoms with Crippen LogP contribution in [-0.4, -0.2) is 26.6 Å². The standard InChI is InChI=1S/C24H20N6O2/c1-13-19(14(2)30(29-13)12-16-8-4-3-7-15(16)11-25)21-20(23(26)31)17-9-5-6-10-18(17)28-22(21)24(27)32/h3-10H,12H2,1-2H3,(H2,26,31)(H2,27,32). The molecule has 2 aromatic carbocycles. The van der Waals surface area contributed by atoms with Gasteiger partial charge in [-0.3, -0.25) is 14.3 Å². The van der Waals surface area contributed by atoms with Gasteiger partial charge in [-0.1, -0.05) is 36.4 Å². The number of hydrogen-bond donors (Lipinski definition) is 2. The lowest BCUT2D eigenvalue weighted by molar-refractivity contribution is 0.0996. The van der Waals surface area contributed by atoms with Gasteiger partial charge >= 0.3 is 0 Å². The number of carbonyl (C=O) groups is 2. The molecule has 2 heterocycles. The fourth-order valence-electron chi connectivity index (χ4n) is 4.03. The van der Waals surface area contributed by atoms with Crippen LogP contribution in [0, 0.1) is 25.2 Å². The van der Waals surface area contributed by atoms with Crippen molar-refractivity contribution in [2.45, 2.75) is 20.4 Å². The molecule has 8 heteroatoms. The maximum atomic E-state index is 12.6. The van der Waals surface area contributed by atoms with Gasteiger partial charge in [-0.25, -0.2) is 4.98 Å². The first kappa shape index (κ1) is 20.8. The van der Waals surface area contributed by atoms with Crippen molar-refractivity contribution < 1.29 is 9.59 Å². The van der Waals surface area contributed by atoms with E-state index in [-0.39, 0.29) is 16.8 Å². The summed E-state index contributed by atoms with van der Waals surface area (Å²) in [7, 11) is 0. The number of para-hydroxylation sites is 1. The smallest absolute Gasteiger partial charge is 0.267 e. The first-order valence-corrected chi connectivity index (χ1v) is 9.88. The fourth-order valence-corrected chi connectivity index (χ4v) is 4.03. The van der Waals surface area contributed by atoms with Crippen LogP contribution in [0.5, 0.6) is 0 Å². The molecule has 4 N–H and O–H groups in total. The predicted octanol–water partition coefficient (Wildman–Crippen LogP) is 2.83. The quantitative estimate of drug-likeness (QED) is 0.507. The number of benzene rings is 2. The Morgan fingerprint density at radius 1 is 1.00 bits per heavy atom. The zero-order valence-electron chi connectivity index (χ0n) is 17.6. The summed E-state index contributed by atoms with van der Waals surface area (Å²) < 4.78 is 1.73. The number of pyridine rings is 1. The van der Waals surface area contributed by atoms with Crippen LogP contribution in [0.2, 0.25) is 0 Å². The molecule has 0 aliphatic rings. The van der Waals surface area contributed by atoms with Gasteiger partial charge in [0.05, 0.1) is 35.0 Å². The summed E-state index contributed by atoms with van der Waals surface area (Å²) in [4.78, 5) is 29.4. The molecule has 0 unspecified atom stereocenters. The minimum Gasteiger partial charge on any atom is -0.366 e. The maximum absolute atomic E-state index is 12.6. The van der Waals surface area contributed by atoms with E-state index in [2.05, 4.69) is 16.2 Å². The summed E-state index contributed by atoms with van der Waals surface area (Å²) >= 11 is 0. The first-order valence-electron chi connectivity index (χ1n) is 9.88. The van der Waals surface area contributed by atoms with Gasteiger partial charge in [0.25, 0.3) is 5.91 Å². The van der Waals surface area contributed by atoms with Gasteiger partial charge in [0.15, 0.2) is 0 Å². The maximum Gasteiger partial charge on any atom is 0.267 e. The highest BCUT2D eigenvalue weighted by Crippen LogP contribution is 2.36. The zero-order chi connectivity index (χ0) is 23.0. The number of nitriles is 1. The fraction of sp³-hybridized carbons (Fsp3) is 0.125. The van der Waals surface area contributed by atoms with Crippen molar-refractivity contribution in [3.05, 3.63) is 82.3 Å². The van der Waals surface area contributed by atoms with Crippen LogP contribution in [0.25, 0.3) is 22.0 Å². The third-order valence-electron chi connectivity index (χ3n) is 5.46. The van der Waals surface area contributed by atoms with Crippen LogP contribution >= 0.6 is 0 Å². The number of nitrogens with zero attached hydrogens (tertiary/aromatic N) is 4. The molecule has 2 aromatic heterocycles. The molecule has 0 saturated heterocycles. The summed E-state index contributed by atoms with van der Waals surface area (Å²) in [6.07, 6.45) is 0. The second-order valence-electron chi connectivity index (χ2n) is 7.43. The third-order valence-corrected chi connectivity index (χ3v) is 5.46. The van der Waals surface area contributed by atoms with Gasteiger partial charge in [0.2, 0.25) is 5.91 Å². The highest BCUT2D eigenvalue weighted by atomic mass is 16.1. The largest absolute Gasteiger partial charge is 0.366 e. The van der Waals surface area contributed by atoms with E-state index < -0.39 is 11.8 Å². The van der Waals surface area contributed by atoms with E-state index in [1.54, 1.807) is 48.0 Å². The molecule has 2 amide bonds. The van der Waals surface area contributed by atoms with Gasteiger partial charge in [0, 0.05) is 22.2 Å². The first-order chi connectivity index (χ1) is 15.3. The van der Waals surface area contributed by atoms with Crippen LogP contribution in [0.15, 0.2) is 48.5 Å². The van der Waals surface area contributed by atoms with E-state index in [9.17, 15) is 14.9 Å². The molecule has 8 nitrogen and oxygen atoms in total. The normalized spacial score (nSPS) is 10.8. The number of nitrogens with two attached hydrogens (primary N) is 2. The Morgan fingerprint density at radius 3 is 2.38 bits per heavy atom. The minimum absolute atomic E-state index is 0.0410. The Bertz CT molecular complexity index is 1450. The summed E-state index contributed by atoms with van der Waals surface area (Å²) in [5.41, 5.74) is 15.5. The molecule has 32 heavy (non-hydrogen) atoms. The molecule has 0 radical (unpaired) electrons. The van der Waals surface area contributed by atoms with E-state index in [4.69, 9.17) is 11.5 Å². The molecule has 0 fully saturated rings. The SMILES string of the molecule is Cc1nn(Cc2ccccc2C#N)c(C)c1-c1c(C(N)=O)nc2ccccc2c1C(N)=O. The molecule has 4 aromatic rings. The average molecular weight is 424 g/mol. The van der Waals surface area contributed by atoms with E-state index in [0.717, 1.165) is 5.56 Å². The van der Waals surface area contributed by atoms with Crippen molar-refractivity contribution in [2.24, 2.45) is 11.5 Å². The molecular formula is C24H20N6O2. The van der Waals surface area contributed by atoms with Crippen molar-refractivity contribution in [1.29, 1.82) is 5.26 Å². The lowest BCUT2D eigenvalue weighted by atomic mass is 9.92. The molecule has 0 spiro atoms. The molecular weight excluding hydrogens is 404 g/mol. The Balaban J connectivity index is 2.01. The molecule has 0 bridgehead atoms. The second kappa shape index (κ2) is 7.96. The van der Waals surface area contributed by atoms with Crippen molar-refractivity contribution in [1.82, 2.24) is 14.8 Å². The van der Waals surface area contributed by atoms with Gasteiger partial charge < -0.3 is 11.5 Å². The van der Waals surface area contributed by atoms with E-state index in [1.807, 2.05) is 19.1 Å². The number of hydrogen-bond acceptors (Lipinski definition) is 5. The second-order valence-corrected chi connectivity index (χ2v) is 7.43. The van der Waals surface area contributed by atoms with Gasteiger partial charge in [0.1, 0.15) is 5.69 Å². The molecule has 158 valence electrons. The van der Waals surface area contributed by atoms with Crippen molar-refractivity contribution in [2.75, 3.05) is 0 Å². The lowest BCUT2D eigenvalue weighted by Crippen LogP contribution is -2.21. The van der Waals surface area contributed by atoms with Crippen molar-refractivity contribution in [3.8, 4) is 17.2 Å². The highest BCUT2D eigenvalue weighted by molar-refractivity contribution is 6.15. The van der Waals surface area contributed by atoms with E-state index >= 15 is 0 Å². The number of aryl methyl sites for hydroxylation is 1. The number of rotatable bonds is 5. The predicted molar refractivity (Wildman–Crippen MR) is 120 cm³/mol. The molecule has 0 saturated carbocycles. The average Bonchev–Trinajstić information content (AvgIpc) is 3.05. The van der Waals surface area contributed by atoms with Gasteiger partial charge in [-0.2, -0.15) is 10.4 Å². The number of primary amides is 2. The Kier molecular flexibility index (Phi) is 5.16. The molecule has 0 atom stereocenters. The van der Waals surface area contributed by atoms with Gasteiger partial charge in [-0.15, -0.1) is 0 Å². The molecule has 0 aliphatic heterocycles. The number of aromatic nitrogens is 3. The van der Waals surface area contributed by atoms with Crippen LogP contribution in [0.3, 0.4) is 0 Å². The Hall–Kier alpha value is -4.51. The summed E-state index contributed by atoms with van der Waals surface area (Å²) in [6.45, 7) is 3.95. The Labute approximate surface area is 184 Å². The summed E-state index contributed by atoms with van der Waals surface area (Å²) in [5, 5.41) is 14.6. The monoisotopic (exact) mass is 424 g/mol. The van der Waals surface area contributed by atoms with Crippen LogP contribution < -0.4 is 11.5 Å². The van der Waals surface area contributed by atoms with Crippen molar-refractivity contribution >= 4 is 22.7 Å². The van der Waals surface area contributed by atoms with E-state index in [0.29, 0.717) is 40.0 Å². The lowest BCUT2D eigenvalue weighted by Gasteiger charge is -2.15. The molecule has 4 rings (SSSR count). The zero-order valence-corrected chi connectivity index (χ0v) is 17.6. The van der Waals surface area contributed by atoms with Crippen LogP contribution in [-0.2, 0) is 6.54 Å². The molecule has 0 aliphatic carbocycles. The Morgan fingerprint density at radius 2 is 1.69 bits per heavy atom. The van der Waals surface area contributed by atoms with E-state index in [1.165, 1.54) is 0 Å².